The van der Waals surface area contributed by atoms with E-state index in [4.69, 9.17) is 0 Å². The first-order valence-electron chi connectivity index (χ1n) is 9.22. The lowest BCUT2D eigenvalue weighted by Gasteiger charge is -2.27. The Bertz CT molecular complexity index is 791. The van der Waals surface area contributed by atoms with Crippen LogP contribution in [0.1, 0.15) is 63.9 Å². The van der Waals surface area contributed by atoms with Crippen LogP contribution in [-0.2, 0) is 22.2 Å². The highest BCUT2D eigenvalue weighted by Gasteiger charge is 2.26. The number of nitrogens with one attached hydrogen (secondary N) is 1. The summed E-state index contributed by atoms with van der Waals surface area (Å²) < 4.78 is 0. The summed E-state index contributed by atoms with van der Waals surface area (Å²) >= 11 is 0. The van der Waals surface area contributed by atoms with Crippen LogP contribution < -0.4 is 5.32 Å². The van der Waals surface area contributed by atoms with E-state index in [1.165, 1.54) is 6.08 Å². The number of phenolic OH excluding ortho intramolecular Hbond substituents is 1. The minimum Gasteiger partial charge on any atom is -0.507 e. The van der Waals surface area contributed by atoms with E-state index in [2.05, 4.69) is 51.8 Å². The molecule has 0 aliphatic rings. The molecule has 1 aromatic heterocycles. The van der Waals surface area contributed by atoms with E-state index in [0.29, 0.717) is 12.3 Å². The normalized spacial score (nSPS) is 12.4. The lowest BCUT2D eigenvalue weighted by atomic mass is 9.78. The van der Waals surface area contributed by atoms with Gasteiger partial charge in [0, 0.05) is 23.4 Å². The fourth-order valence-electron chi connectivity index (χ4n) is 2.81. The minimum absolute atomic E-state index is 0.177. The number of hydrogen-bond donors (Lipinski definition) is 2. The molecule has 0 saturated heterocycles. The standard InChI is InChI=1S/C23H30N2O2/c1-22(2,3)18-13-16(14-19(21(18)27)23(4,5)6)10-11-20(26)25-15-17-9-7-8-12-24-17/h7-14,27H,15H2,1-6H3,(H,25,26)/b11-10+. The summed E-state index contributed by atoms with van der Waals surface area (Å²) in [4.78, 5) is 16.3. The summed E-state index contributed by atoms with van der Waals surface area (Å²) in [7, 11) is 0. The van der Waals surface area contributed by atoms with Gasteiger partial charge in [-0.25, -0.2) is 0 Å². The maximum Gasteiger partial charge on any atom is 0.244 e. The number of benzene rings is 1. The van der Waals surface area contributed by atoms with Crippen LogP contribution in [0.4, 0.5) is 0 Å². The van der Waals surface area contributed by atoms with Gasteiger partial charge in [0.2, 0.25) is 5.91 Å². The van der Waals surface area contributed by atoms with Crippen molar-refractivity contribution in [2.75, 3.05) is 0 Å². The molecule has 4 nitrogen and oxygen atoms in total. The molecule has 2 rings (SSSR count). The monoisotopic (exact) mass is 366 g/mol. The van der Waals surface area contributed by atoms with Crippen molar-refractivity contribution >= 4 is 12.0 Å². The zero-order valence-corrected chi connectivity index (χ0v) is 17.1. The third kappa shape index (κ3) is 5.68. The molecule has 0 saturated carbocycles. The van der Waals surface area contributed by atoms with E-state index in [-0.39, 0.29) is 16.7 Å². The summed E-state index contributed by atoms with van der Waals surface area (Å²) in [5.74, 6) is 0.162. The van der Waals surface area contributed by atoms with Gasteiger partial charge in [-0.2, -0.15) is 0 Å². The second-order valence-electron chi connectivity index (χ2n) is 8.84. The molecule has 1 heterocycles. The number of aromatic nitrogens is 1. The van der Waals surface area contributed by atoms with Crippen molar-refractivity contribution in [2.24, 2.45) is 0 Å². The topological polar surface area (TPSA) is 62.2 Å². The second-order valence-corrected chi connectivity index (χ2v) is 8.84. The van der Waals surface area contributed by atoms with Crippen LogP contribution in [-0.4, -0.2) is 16.0 Å². The maximum atomic E-state index is 12.1. The lowest BCUT2D eigenvalue weighted by Crippen LogP contribution is -2.20. The molecule has 0 bridgehead atoms. The largest absolute Gasteiger partial charge is 0.507 e. The Morgan fingerprint density at radius 2 is 1.67 bits per heavy atom. The third-order valence-electron chi connectivity index (χ3n) is 4.35. The number of amides is 1. The van der Waals surface area contributed by atoms with E-state index in [1.807, 2.05) is 30.3 Å². The van der Waals surface area contributed by atoms with E-state index >= 15 is 0 Å². The Morgan fingerprint density at radius 1 is 1.07 bits per heavy atom. The number of phenols is 1. The molecule has 0 unspecified atom stereocenters. The summed E-state index contributed by atoms with van der Waals surface area (Å²) in [6, 6.07) is 9.51. The van der Waals surface area contributed by atoms with Gasteiger partial charge >= 0.3 is 0 Å². The second kappa shape index (κ2) is 7.95. The van der Waals surface area contributed by atoms with Gasteiger partial charge in [-0.15, -0.1) is 0 Å². The average Bonchev–Trinajstić information content (AvgIpc) is 2.58. The highest BCUT2D eigenvalue weighted by Crippen LogP contribution is 2.39. The summed E-state index contributed by atoms with van der Waals surface area (Å²) in [6.45, 7) is 12.8. The average molecular weight is 367 g/mol. The van der Waals surface area contributed by atoms with Gasteiger partial charge in [0.25, 0.3) is 0 Å². The number of nitrogens with zero attached hydrogens (tertiary/aromatic N) is 1. The van der Waals surface area contributed by atoms with Gasteiger partial charge < -0.3 is 10.4 Å². The summed E-state index contributed by atoms with van der Waals surface area (Å²) in [6.07, 6.45) is 5.02. The minimum atomic E-state index is -0.199. The van der Waals surface area contributed by atoms with Gasteiger partial charge in [-0.3, -0.25) is 9.78 Å². The van der Waals surface area contributed by atoms with E-state index in [1.54, 1.807) is 12.3 Å². The number of pyridine rings is 1. The molecule has 0 aliphatic carbocycles. The fourth-order valence-corrected chi connectivity index (χ4v) is 2.81. The van der Waals surface area contributed by atoms with Gasteiger partial charge in [0.05, 0.1) is 12.2 Å². The highest BCUT2D eigenvalue weighted by molar-refractivity contribution is 5.91. The van der Waals surface area contributed by atoms with Crippen LogP contribution in [0.25, 0.3) is 6.08 Å². The van der Waals surface area contributed by atoms with Crippen LogP contribution in [0.5, 0.6) is 5.75 Å². The predicted octanol–water partition coefficient (Wildman–Crippen LogP) is 4.71. The van der Waals surface area contributed by atoms with Crippen molar-refractivity contribution in [3.05, 3.63) is 65.0 Å². The molecule has 4 heteroatoms. The van der Waals surface area contributed by atoms with Crippen LogP contribution in [0, 0.1) is 0 Å². The first kappa shape index (κ1) is 20.7. The number of carbonyl (C=O) groups is 1. The van der Waals surface area contributed by atoms with Gasteiger partial charge in [0.1, 0.15) is 5.75 Å². The first-order chi connectivity index (χ1) is 12.5. The molecule has 2 N–H and O–H groups in total. The smallest absolute Gasteiger partial charge is 0.244 e. The maximum absolute atomic E-state index is 12.1. The van der Waals surface area contributed by atoms with Crippen LogP contribution in [0.3, 0.4) is 0 Å². The fraction of sp³-hybridized carbons (Fsp3) is 0.391. The van der Waals surface area contributed by atoms with Crippen molar-refractivity contribution in [3.8, 4) is 5.75 Å². The molecule has 144 valence electrons. The molecule has 0 atom stereocenters. The molecular formula is C23H30N2O2. The van der Waals surface area contributed by atoms with Crippen molar-refractivity contribution in [3.63, 3.8) is 0 Å². The zero-order chi connectivity index (χ0) is 20.2. The molecule has 0 fully saturated rings. The third-order valence-corrected chi connectivity index (χ3v) is 4.35. The molecule has 1 aromatic carbocycles. The van der Waals surface area contributed by atoms with E-state index in [9.17, 15) is 9.90 Å². The molecule has 0 spiro atoms. The molecule has 0 radical (unpaired) electrons. The Kier molecular flexibility index (Phi) is 6.09. The Labute approximate surface area is 162 Å². The molecular weight excluding hydrogens is 336 g/mol. The number of hydrogen-bond acceptors (Lipinski definition) is 3. The number of rotatable bonds is 4. The Hall–Kier alpha value is -2.62. The number of aromatic hydroxyl groups is 1. The van der Waals surface area contributed by atoms with Crippen LogP contribution in [0.2, 0.25) is 0 Å². The highest BCUT2D eigenvalue weighted by atomic mass is 16.3. The first-order valence-corrected chi connectivity index (χ1v) is 9.22. The summed E-state index contributed by atoms with van der Waals surface area (Å²) in [5, 5.41) is 13.6. The van der Waals surface area contributed by atoms with Crippen molar-refractivity contribution in [1.82, 2.24) is 10.3 Å². The lowest BCUT2D eigenvalue weighted by molar-refractivity contribution is -0.116. The van der Waals surface area contributed by atoms with Gasteiger partial charge in [-0.05, 0) is 46.7 Å². The number of carbonyl (C=O) groups excluding carboxylic acids is 1. The van der Waals surface area contributed by atoms with Crippen LogP contribution in [0.15, 0.2) is 42.6 Å². The van der Waals surface area contributed by atoms with Gasteiger partial charge in [-0.1, -0.05) is 47.6 Å². The molecule has 27 heavy (non-hydrogen) atoms. The van der Waals surface area contributed by atoms with Crippen LogP contribution >= 0.6 is 0 Å². The zero-order valence-electron chi connectivity index (χ0n) is 17.1. The molecule has 1 amide bonds. The van der Waals surface area contributed by atoms with Crippen molar-refractivity contribution in [1.29, 1.82) is 0 Å². The molecule has 0 aliphatic heterocycles. The summed E-state index contributed by atoms with van der Waals surface area (Å²) in [5.41, 5.74) is 3.07. The Balaban J connectivity index is 2.24. The van der Waals surface area contributed by atoms with Crippen molar-refractivity contribution < 1.29 is 9.90 Å². The molecule has 2 aromatic rings. The SMILES string of the molecule is CC(C)(C)c1cc(/C=C/C(=O)NCc2ccccn2)cc(C(C)(C)C)c1O. The Morgan fingerprint density at radius 3 is 2.15 bits per heavy atom. The van der Waals surface area contributed by atoms with Gasteiger partial charge in [0.15, 0.2) is 0 Å². The quantitative estimate of drug-likeness (QED) is 0.770. The predicted molar refractivity (Wildman–Crippen MR) is 111 cm³/mol. The van der Waals surface area contributed by atoms with E-state index < -0.39 is 0 Å². The van der Waals surface area contributed by atoms with E-state index in [0.717, 1.165) is 22.4 Å². The van der Waals surface area contributed by atoms with Crippen molar-refractivity contribution in [2.45, 2.75) is 58.9 Å².